The summed E-state index contributed by atoms with van der Waals surface area (Å²) in [5, 5.41) is 52.3. The number of benzene rings is 1. The molecular weight excluding hydrogens is 665 g/mol. The summed E-state index contributed by atoms with van der Waals surface area (Å²) in [7, 11) is 1.87. The zero-order valence-corrected chi connectivity index (χ0v) is 32.4. The number of fused-ring (bicyclic) bond motifs is 5. The molecule has 4 bridgehead atoms. The number of carbonyl (C=O) groups is 1. The number of carbonyl (C=O) groups excluding carboxylic acids is 1. The molecule has 2 saturated carbocycles. The van der Waals surface area contributed by atoms with Crippen molar-refractivity contribution in [1.29, 1.82) is 0 Å². The molecule has 1 aromatic carbocycles. The van der Waals surface area contributed by atoms with E-state index in [2.05, 4.69) is 79.6 Å². The van der Waals surface area contributed by atoms with Gasteiger partial charge in [0, 0.05) is 36.4 Å². The Hall–Kier alpha value is -2.95. The van der Waals surface area contributed by atoms with Crippen LogP contribution in [-0.4, -0.2) is 84.6 Å². The van der Waals surface area contributed by atoms with E-state index in [1.54, 1.807) is 0 Å². The molecule has 290 valence electrons. The van der Waals surface area contributed by atoms with E-state index in [4.69, 9.17) is 4.74 Å². The van der Waals surface area contributed by atoms with Gasteiger partial charge < -0.3 is 35.8 Å². The highest BCUT2D eigenvalue weighted by molar-refractivity contribution is 5.74. The number of nitrogens with one attached hydrogen (secondary N) is 2. The molecule has 1 heterocycles. The van der Waals surface area contributed by atoms with Crippen molar-refractivity contribution >= 4 is 6.29 Å². The van der Waals surface area contributed by atoms with Gasteiger partial charge in [0.25, 0.3) is 0 Å². The van der Waals surface area contributed by atoms with Gasteiger partial charge >= 0.3 is 0 Å². The van der Waals surface area contributed by atoms with Crippen molar-refractivity contribution in [3.8, 4) is 0 Å². The van der Waals surface area contributed by atoms with E-state index in [1.165, 1.54) is 16.7 Å². The van der Waals surface area contributed by atoms with Crippen LogP contribution in [0.3, 0.4) is 0 Å². The lowest BCUT2D eigenvalue weighted by molar-refractivity contribution is -0.194. The zero-order valence-electron chi connectivity index (χ0n) is 32.4. The Morgan fingerprint density at radius 1 is 1.19 bits per heavy atom. The molecule has 0 aromatic heterocycles. The van der Waals surface area contributed by atoms with E-state index in [9.17, 15) is 25.2 Å². The molecule has 9 atom stereocenters. The number of hydrogen-bond acceptors (Lipinski definition) is 8. The Labute approximate surface area is 317 Å². The molecule has 0 saturated heterocycles. The number of allylic oxidation sites excluding steroid dienone is 9. The van der Waals surface area contributed by atoms with Crippen molar-refractivity contribution in [3.63, 3.8) is 0 Å². The molecule has 1 aliphatic heterocycles. The molecule has 1 spiro atoms. The summed E-state index contributed by atoms with van der Waals surface area (Å²) in [6.07, 6.45) is 17.8. The van der Waals surface area contributed by atoms with Crippen LogP contribution in [0, 0.1) is 35.0 Å². The van der Waals surface area contributed by atoms with Gasteiger partial charge in [-0.2, -0.15) is 0 Å². The Morgan fingerprint density at radius 2 is 1.96 bits per heavy atom. The maximum atomic E-state index is 12.8. The highest BCUT2D eigenvalue weighted by Crippen LogP contribution is 2.67. The average molecular weight is 729 g/mol. The lowest BCUT2D eigenvalue weighted by Crippen LogP contribution is -2.65. The normalized spacial score (nSPS) is 34.5. The first-order valence-electron chi connectivity index (χ1n) is 19.7. The van der Waals surface area contributed by atoms with Crippen molar-refractivity contribution in [2.75, 3.05) is 40.1 Å². The van der Waals surface area contributed by atoms with Crippen molar-refractivity contribution < 1.29 is 30.0 Å². The van der Waals surface area contributed by atoms with Gasteiger partial charge in [0.15, 0.2) is 0 Å². The number of hydrogen-bond donors (Lipinski definition) is 6. The Kier molecular flexibility index (Phi) is 14.5. The van der Waals surface area contributed by atoms with Crippen molar-refractivity contribution in [1.82, 2.24) is 10.6 Å². The third-order valence-corrected chi connectivity index (χ3v) is 12.9. The Bertz CT molecular complexity index is 1590. The van der Waals surface area contributed by atoms with Gasteiger partial charge in [0.1, 0.15) is 13.1 Å². The highest BCUT2D eigenvalue weighted by Gasteiger charge is 2.68. The SMILES string of the molecule is C=C(C=CC=C(COCO)[C@H]1CC[C@]2([C@@H]1O)[C@H]1C(=C(C)C=O)[C@@H](C=C[C@H]1CCO)C[C@]2(O)CCNC)[C@H]1CC=C(C)CN[C@H](C)Cc2cccc(c2)C1. The lowest BCUT2D eigenvalue weighted by Gasteiger charge is -2.61. The second-order valence-electron chi connectivity index (χ2n) is 16.3. The van der Waals surface area contributed by atoms with Crippen molar-refractivity contribution in [2.45, 2.75) is 89.9 Å². The van der Waals surface area contributed by atoms with Crippen LogP contribution in [0.15, 0.2) is 95.2 Å². The van der Waals surface area contributed by atoms with Gasteiger partial charge in [0.05, 0.1) is 18.3 Å². The summed E-state index contributed by atoms with van der Waals surface area (Å²) in [5.74, 6) is -0.706. The Balaban J connectivity index is 1.48. The molecular formula is C45H64N2O6. The number of aliphatic hydroxyl groups is 4. The number of aldehydes is 1. The van der Waals surface area contributed by atoms with Crippen LogP contribution in [-0.2, 0) is 22.4 Å². The molecule has 53 heavy (non-hydrogen) atoms. The number of rotatable bonds is 13. The first kappa shape index (κ1) is 41.2. The van der Waals surface area contributed by atoms with E-state index in [1.807, 2.05) is 26.1 Å². The van der Waals surface area contributed by atoms with E-state index < -0.39 is 23.9 Å². The Morgan fingerprint density at radius 3 is 2.68 bits per heavy atom. The average Bonchev–Trinajstić information content (AvgIpc) is 3.49. The van der Waals surface area contributed by atoms with Crippen molar-refractivity contribution in [3.05, 3.63) is 106 Å². The van der Waals surface area contributed by atoms with E-state index >= 15 is 0 Å². The van der Waals surface area contributed by atoms with Gasteiger partial charge in [-0.25, -0.2) is 0 Å². The summed E-state index contributed by atoms with van der Waals surface area (Å²) in [6, 6.07) is 9.26. The summed E-state index contributed by atoms with van der Waals surface area (Å²) < 4.78 is 5.60. The largest absolute Gasteiger partial charge is 0.396 e. The van der Waals surface area contributed by atoms with Crippen molar-refractivity contribution in [2.24, 2.45) is 35.0 Å². The fourth-order valence-corrected chi connectivity index (χ4v) is 10.2. The van der Waals surface area contributed by atoms with E-state index in [0.717, 1.165) is 48.8 Å². The van der Waals surface area contributed by atoms with E-state index in [0.29, 0.717) is 50.3 Å². The minimum Gasteiger partial charge on any atom is -0.396 e. The standard InChI is InChI=1S/C45H64N2O6/c1-30-12-13-37(24-35-10-7-9-34(23-35)22-33(4)47-26-30)31(2)8-6-11-39(28-53-29-50)40-16-18-45(43(40)51)42-36(17-21-48)14-15-38(41(42)32(3)27-49)25-44(45,52)19-20-46-5/h6-12,14-15,23,27,33,36-38,40,42-43,46-48,50-52H,2,13,16-22,24-26,28-29H2,1,3-5H3/t33-,36+,37+,38+,40-,42-,43-,44-,45-/m1/s1. The van der Waals surface area contributed by atoms with Gasteiger partial charge in [-0.1, -0.05) is 84.0 Å². The van der Waals surface area contributed by atoms with Crippen LogP contribution >= 0.6 is 0 Å². The van der Waals surface area contributed by atoms with Gasteiger partial charge in [-0.3, -0.25) is 4.79 Å². The predicted molar refractivity (Wildman–Crippen MR) is 212 cm³/mol. The van der Waals surface area contributed by atoms with E-state index in [-0.39, 0.29) is 42.8 Å². The molecule has 0 unspecified atom stereocenters. The fourth-order valence-electron chi connectivity index (χ4n) is 10.2. The molecule has 3 aliphatic carbocycles. The second-order valence-corrected chi connectivity index (χ2v) is 16.3. The molecule has 1 aromatic rings. The van der Waals surface area contributed by atoms with Crippen LogP contribution in [0.25, 0.3) is 0 Å². The number of aliphatic hydroxyl groups excluding tert-OH is 3. The highest BCUT2D eigenvalue weighted by atomic mass is 16.6. The molecule has 6 N–H and O–H groups in total. The van der Waals surface area contributed by atoms with Gasteiger partial charge in [-0.05, 0) is 126 Å². The first-order chi connectivity index (χ1) is 25.5. The summed E-state index contributed by atoms with van der Waals surface area (Å²) >= 11 is 0. The summed E-state index contributed by atoms with van der Waals surface area (Å²) in [6.45, 7) is 11.9. The van der Waals surface area contributed by atoms with Crippen LogP contribution < -0.4 is 10.6 Å². The van der Waals surface area contributed by atoms with Gasteiger partial charge in [-0.15, -0.1) is 0 Å². The van der Waals surface area contributed by atoms with Crippen LogP contribution in [0.2, 0.25) is 0 Å². The molecule has 4 aliphatic rings. The zero-order chi connectivity index (χ0) is 38.2. The first-order valence-corrected chi connectivity index (χ1v) is 19.7. The van der Waals surface area contributed by atoms with Crippen LogP contribution in [0.4, 0.5) is 0 Å². The fraction of sp³-hybridized carbons (Fsp3) is 0.578. The third-order valence-electron chi connectivity index (χ3n) is 12.9. The monoisotopic (exact) mass is 728 g/mol. The summed E-state index contributed by atoms with van der Waals surface area (Å²) in [5.41, 5.74) is 5.25. The number of ether oxygens (including phenoxy) is 1. The smallest absolute Gasteiger partial charge is 0.145 e. The second kappa shape index (κ2) is 18.6. The minimum atomic E-state index is -1.22. The molecule has 2 fully saturated rings. The molecule has 0 amide bonds. The molecule has 8 heteroatoms. The van der Waals surface area contributed by atoms with Crippen LogP contribution in [0.5, 0.6) is 0 Å². The topological polar surface area (TPSA) is 131 Å². The molecule has 5 rings (SSSR count). The molecule has 8 nitrogen and oxygen atoms in total. The maximum Gasteiger partial charge on any atom is 0.145 e. The van der Waals surface area contributed by atoms with Crippen LogP contribution in [0.1, 0.15) is 70.4 Å². The predicted octanol–water partition coefficient (Wildman–Crippen LogP) is 5.54. The van der Waals surface area contributed by atoms with Gasteiger partial charge in [0.2, 0.25) is 0 Å². The maximum absolute atomic E-state index is 12.8. The lowest BCUT2D eigenvalue weighted by atomic mass is 9.45. The molecule has 0 radical (unpaired) electrons. The summed E-state index contributed by atoms with van der Waals surface area (Å²) in [4.78, 5) is 12.3. The third kappa shape index (κ3) is 8.97. The quantitative estimate of drug-likeness (QED) is 0.0514. The minimum absolute atomic E-state index is 0.0316.